The van der Waals surface area contributed by atoms with Crippen molar-refractivity contribution >= 4 is 20.1 Å². The molecule has 178 valence electrons. The van der Waals surface area contributed by atoms with E-state index in [1.54, 1.807) is 18.2 Å². The predicted octanol–water partition coefficient (Wildman–Crippen LogP) is 5.92. The van der Waals surface area contributed by atoms with E-state index in [0.29, 0.717) is 0 Å². The van der Waals surface area contributed by atoms with Crippen LogP contribution in [-0.2, 0) is 19.3 Å². The smallest absolute Gasteiger partial charge is 0.481 e. The van der Waals surface area contributed by atoms with Crippen molar-refractivity contribution in [2.24, 2.45) is 0 Å². The minimum atomic E-state index is -2.20. The van der Waals surface area contributed by atoms with Gasteiger partial charge in [-0.1, -0.05) is 58.9 Å². The molecular weight excluding hydrogens is 444 g/mol. The number of rotatable bonds is 10. The molecule has 0 saturated heterocycles. The lowest BCUT2D eigenvalue weighted by Gasteiger charge is -2.23. The number of carboxylic acid groups (broad SMARTS) is 1. The van der Waals surface area contributed by atoms with Gasteiger partial charge in [0, 0.05) is 16.7 Å². The summed E-state index contributed by atoms with van der Waals surface area (Å²) in [5.41, 5.74) is 4.27. The van der Waals surface area contributed by atoms with Crippen molar-refractivity contribution in [1.29, 1.82) is 0 Å². The quantitative estimate of drug-likeness (QED) is 0.414. The summed E-state index contributed by atoms with van der Waals surface area (Å²) < 4.78 is 30.8. The Hall–Kier alpha value is -2.47. The molecule has 0 saturated carbocycles. The van der Waals surface area contributed by atoms with E-state index < -0.39 is 26.5 Å². The number of nitrogens with zero attached hydrogens (tertiary/aromatic N) is 1. The van der Waals surface area contributed by atoms with Gasteiger partial charge in [-0.3, -0.25) is 9.78 Å². The number of aliphatic hydroxyl groups is 1. The molecule has 2 atom stereocenters. The fraction of sp³-hybridized carbons (Fsp3) is 0.440. The van der Waals surface area contributed by atoms with Crippen LogP contribution in [-0.4, -0.2) is 40.0 Å². The zero-order chi connectivity index (χ0) is 24.8. The number of carboxylic acids is 1. The Bertz CT molecular complexity index is 1010. The van der Waals surface area contributed by atoms with Crippen LogP contribution in [0.15, 0.2) is 36.4 Å². The summed E-state index contributed by atoms with van der Waals surface area (Å²) in [6.45, 7) is 10.4. The molecule has 2 N–H and O–H groups in total. The van der Waals surface area contributed by atoms with Gasteiger partial charge in [0.2, 0.25) is 6.16 Å². The highest BCUT2D eigenvalue weighted by Gasteiger charge is 2.25. The van der Waals surface area contributed by atoms with Crippen LogP contribution in [0.1, 0.15) is 63.9 Å². The third-order valence-corrected chi connectivity index (χ3v) is 6.08. The van der Waals surface area contributed by atoms with Gasteiger partial charge in [0.15, 0.2) is 0 Å². The molecule has 0 aliphatic carbocycles. The molecule has 1 unspecified atom stereocenters. The largest absolute Gasteiger partial charge is 0.511 e. The molecule has 0 spiro atoms. The minimum absolute atomic E-state index is 0.0242. The summed E-state index contributed by atoms with van der Waals surface area (Å²) in [5, 5.41) is 18.3. The Morgan fingerprint density at radius 2 is 1.88 bits per heavy atom. The number of hydrogen-bond donors (Lipinski definition) is 2. The highest BCUT2D eigenvalue weighted by molar-refractivity contribution is 7.39. The van der Waals surface area contributed by atoms with Crippen molar-refractivity contribution < 1.29 is 28.5 Å². The molecule has 1 heterocycles. The first-order valence-electron chi connectivity index (χ1n) is 10.8. The first-order valence-corrected chi connectivity index (χ1v) is 12.2. The van der Waals surface area contributed by atoms with Crippen molar-refractivity contribution in [2.75, 3.05) is 12.8 Å². The average molecular weight is 477 g/mol. The van der Waals surface area contributed by atoms with Crippen molar-refractivity contribution in [3.8, 4) is 11.1 Å². The number of benzene rings is 1. The van der Waals surface area contributed by atoms with Gasteiger partial charge in [-0.05, 0) is 39.8 Å². The van der Waals surface area contributed by atoms with Gasteiger partial charge in [-0.2, -0.15) is 0 Å². The molecule has 2 rings (SSSR count). The molecule has 6 nitrogen and oxygen atoms in total. The van der Waals surface area contributed by atoms with E-state index in [1.807, 2.05) is 12.1 Å². The van der Waals surface area contributed by atoms with Gasteiger partial charge in [0.05, 0.1) is 12.1 Å². The van der Waals surface area contributed by atoms with E-state index in [1.165, 1.54) is 12.1 Å². The second-order valence-electron chi connectivity index (χ2n) is 9.23. The van der Waals surface area contributed by atoms with Gasteiger partial charge in [0.25, 0.3) is 0 Å². The lowest BCUT2D eigenvalue weighted by atomic mass is 9.86. The Morgan fingerprint density at radius 3 is 2.42 bits per heavy atom. The second-order valence-corrected chi connectivity index (χ2v) is 10.5. The monoisotopic (exact) mass is 476 g/mol. The van der Waals surface area contributed by atoms with E-state index in [0.717, 1.165) is 28.1 Å². The minimum Gasteiger partial charge on any atom is -0.481 e. The number of carbonyl (C=O) groups is 1. The summed E-state index contributed by atoms with van der Waals surface area (Å²) in [6.07, 6.45) is 1.62. The molecule has 0 aliphatic rings. The van der Waals surface area contributed by atoms with Gasteiger partial charge >= 0.3 is 14.0 Å². The number of aliphatic hydroxyl groups excluding tert-OH is 1. The van der Waals surface area contributed by atoms with Gasteiger partial charge in [-0.25, -0.2) is 4.39 Å². The van der Waals surface area contributed by atoms with Crippen molar-refractivity contribution in [3.63, 3.8) is 0 Å². The van der Waals surface area contributed by atoms with Gasteiger partial charge in [0.1, 0.15) is 18.5 Å². The highest BCUT2D eigenvalue weighted by Crippen LogP contribution is 2.35. The summed E-state index contributed by atoms with van der Waals surface area (Å²) in [7, 11) is -2.20. The number of halogens is 1. The summed E-state index contributed by atoms with van der Waals surface area (Å²) in [4.78, 5) is 15.5. The topological polar surface area (TPSA) is 96.7 Å². The molecule has 0 radical (unpaired) electrons. The van der Waals surface area contributed by atoms with Gasteiger partial charge in [-0.15, -0.1) is 4.52 Å². The number of pyridine rings is 1. The second kappa shape index (κ2) is 11.6. The number of aliphatic carboxylic acids is 1. The molecular formula is C25H32FNO5P+. The van der Waals surface area contributed by atoms with E-state index in [4.69, 9.17) is 14.6 Å². The van der Waals surface area contributed by atoms with Gasteiger partial charge < -0.3 is 10.2 Å². The van der Waals surface area contributed by atoms with Crippen LogP contribution in [0.2, 0.25) is 0 Å². The lowest BCUT2D eigenvalue weighted by molar-refractivity contribution is -0.138. The van der Waals surface area contributed by atoms with E-state index in [2.05, 4.69) is 34.6 Å². The standard InChI is InChI=1S/C25H31FNO5P/c1-16(2)24-20(7-6-12-32-33(31)15-19(28)13-23(29)30)21(14-22(27-24)25(3,4)5)17-8-10-18(26)11-9-17/h6-11,14,16,19,28H,12-13,15H2,1-5H3/p+1/b7-6+/t19-/m0/s1. The molecule has 0 amide bonds. The normalized spacial score (nSPS) is 13.5. The molecule has 8 heteroatoms. The Labute approximate surface area is 195 Å². The van der Waals surface area contributed by atoms with E-state index in [9.17, 15) is 18.9 Å². The van der Waals surface area contributed by atoms with Crippen molar-refractivity contribution in [2.45, 2.75) is 58.5 Å². The first kappa shape index (κ1) is 26.8. The highest BCUT2D eigenvalue weighted by atomic mass is 31.1. The molecule has 1 aromatic carbocycles. The van der Waals surface area contributed by atoms with Crippen LogP contribution in [0.25, 0.3) is 17.2 Å². The zero-order valence-electron chi connectivity index (χ0n) is 19.7. The van der Waals surface area contributed by atoms with E-state index >= 15 is 0 Å². The zero-order valence-corrected chi connectivity index (χ0v) is 20.6. The molecule has 2 aromatic rings. The fourth-order valence-corrected chi connectivity index (χ4v) is 4.06. The Morgan fingerprint density at radius 1 is 1.24 bits per heavy atom. The maximum absolute atomic E-state index is 13.5. The SMILES string of the molecule is CC(C)c1nc(C(C)(C)C)cc(-c2ccc(F)cc2)c1/C=C/CO[P+](=O)C[C@@H](O)CC(=O)O. The third-order valence-electron chi connectivity index (χ3n) is 4.93. The maximum atomic E-state index is 13.5. The number of hydrogen-bond acceptors (Lipinski definition) is 5. The lowest BCUT2D eigenvalue weighted by Crippen LogP contribution is -2.16. The maximum Gasteiger partial charge on any atom is 0.511 e. The molecule has 0 bridgehead atoms. The van der Waals surface area contributed by atoms with Crippen LogP contribution in [0, 0.1) is 5.82 Å². The molecule has 1 aromatic heterocycles. The number of aromatic nitrogens is 1. The van der Waals surface area contributed by atoms with Crippen LogP contribution in [0.5, 0.6) is 0 Å². The summed E-state index contributed by atoms with van der Waals surface area (Å²) in [6, 6.07) is 8.32. The van der Waals surface area contributed by atoms with Crippen LogP contribution < -0.4 is 0 Å². The molecule has 0 aliphatic heterocycles. The van der Waals surface area contributed by atoms with Crippen molar-refractivity contribution in [3.05, 3.63) is 59.2 Å². The first-order chi connectivity index (χ1) is 15.4. The summed E-state index contributed by atoms with van der Waals surface area (Å²) >= 11 is 0. The Balaban J connectivity index is 2.35. The van der Waals surface area contributed by atoms with E-state index in [-0.39, 0.29) is 29.9 Å². The predicted molar refractivity (Wildman–Crippen MR) is 128 cm³/mol. The van der Waals surface area contributed by atoms with Crippen LogP contribution >= 0.6 is 8.03 Å². The average Bonchev–Trinajstić information content (AvgIpc) is 2.69. The molecule has 33 heavy (non-hydrogen) atoms. The summed E-state index contributed by atoms with van der Waals surface area (Å²) in [5.74, 6) is -1.35. The third kappa shape index (κ3) is 8.11. The van der Waals surface area contributed by atoms with Crippen LogP contribution in [0.3, 0.4) is 0 Å². The fourth-order valence-electron chi connectivity index (χ4n) is 3.23. The molecule has 0 fully saturated rings. The Kier molecular flexibility index (Phi) is 9.41. The van der Waals surface area contributed by atoms with Crippen LogP contribution in [0.4, 0.5) is 4.39 Å². The van der Waals surface area contributed by atoms with Crippen molar-refractivity contribution in [1.82, 2.24) is 4.98 Å².